The molecule has 0 atom stereocenters. The summed E-state index contributed by atoms with van der Waals surface area (Å²) in [6.07, 6.45) is 5.01. The first-order chi connectivity index (χ1) is 15.5. The highest BCUT2D eigenvalue weighted by Crippen LogP contribution is 2.32. The lowest BCUT2D eigenvalue weighted by molar-refractivity contribution is -0.134. The summed E-state index contributed by atoms with van der Waals surface area (Å²) >= 11 is 0. The van der Waals surface area contributed by atoms with Gasteiger partial charge in [0.25, 0.3) is 5.91 Å². The van der Waals surface area contributed by atoms with Crippen molar-refractivity contribution in [3.05, 3.63) is 29.8 Å². The maximum atomic E-state index is 12.6. The van der Waals surface area contributed by atoms with E-state index in [4.69, 9.17) is 9.47 Å². The van der Waals surface area contributed by atoms with Gasteiger partial charge < -0.3 is 24.6 Å². The van der Waals surface area contributed by atoms with Crippen LogP contribution in [0.25, 0.3) is 0 Å². The quantitative estimate of drug-likeness (QED) is 0.731. The van der Waals surface area contributed by atoms with E-state index in [9.17, 15) is 14.4 Å². The number of carbonyl (C=O) groups excluding carboxylic acids is 3. The van der Waals surface area contributed by atoms with Gasteiger partial charge in [-0.25, -0.2) is 4.79 Å². The fraction of sp³-hybridized carbons (Fsp3) is 0.625. The van der Waals surface area contributed by atoms with Crippen molar-refractivity contribution in [2.75, 3.05) is 32.8 Å². The van der Waals surface area contributed by atoms with E-state index in [1.165, 1.54) is 0 Å². The molecule has 0 aromatic heterocycles. The van der Waals surface area contributed by atoms with E-state index >= 15 is 0 Å². The standard InChI is InChI=1S/C24H33N3O5/c1-2-31-24(30)27-13-9-19(10-14-27)25-22(28)17-5-7-20(8-6-17)32-21-11-15-26(16-12-21)23(29)18-3-4-18/h5-8,18-19,21H,2-4,9-16H2,1H3,(H,25,28). The van der Waals surface area contributed by atoms with Gasteiger partial charge in [0.15, 0.2) is 0 Å². The first-order valence-electron chi connectivity index (χ1n) is 11.8. The first kappa shape index (κ1) is 22.4. The lowest BCUT2D eigenvalue weighted by Crippen LogP contribution is -2.46. The molecule has 3 amide bonds. The van der Waals surface area contributed by atoms with Gasteiger partial charge in [0.05, 0.1) is 6.61 Å². The number of rotatable bonds is 6. The van der Waals surface area contributed by atoms with Gasteiger partial charge in [-0.3, -0.25) is 9.59 Å². The third-order valence-electron chi connectivity index (χ3n) is 6.46. The highest BCUT2D eigenvalue weighted by molar-refractivity contribution is 5.94. The van der Waals surface area contributed by atoms with Crippen LogP contribution < -0.4 is 10.1 Å². The SMILES string of the molecule is CCOC(=O)N1CCC(NC(=O)c2ccc(OC3CCN(C(=O)C4CC4)CC3)cc2)CC1. The van der Waals surface area contributed by atoms with Crippen molar-refractivity contribution in [3.63, 3.8) is 0 Å². The fourth-order valence-electron chi connectivity index (χ4n) is 4.35. The summed E-state index contributed by atoms with van der Waals surface area (Å²) in [6, 6.07) is 7.28. The maximum absolute atomic E-state index is 12.6. The Morgan fingerprint density at radius 1 is 0.906 bits per heavy atom. The first-order valence-corrected chi connectivity index (χ1v) is 11.8. The molecule has 4 rings (SSSR count). The largest absolute Gasteiger partial charge is 0.490 e. The van der Waals surface area contributed by atoms with E-state index in [1.807, 2.05) is 17.0 Å². The van der Waals surface area contributed by atoms with Crippen molar-refractivity contribution in [2.45, 2.75) is 57.6 Å². The molecule has 3 aliphatic rings. The molecule has 2 aliphatic heterocycles. The van der Waals surface area contributed by atoms with E-state index in [-0.39, 0.29) is 30.1 Å². The minimum atomic E-state index is -0.284. The van der Waals surface area contributed by atoms with Crippen LogP contribution in [-0.4, -0.2) is 72.6 Å². The summed E-state index contributed by atoms with van der Waals surface area (Å²) in [4.78, 5) is 40.2. The molecule has 8 nitrogen and oxygen atoms in total. The molecular formula is C24H33N3O5. The van der Waals surface area contributed by atoms with Crippen LogP contribution >= 0.6 is 0 Å². The molecule has 3 fully saturated rings. The summed E-state index contributed by atoms with van der Waals surface area (Å²) in [5.74, 6) is 1.22. The second kappa shape index (κ2) is 10.2. The number of likely N-dealkylation sites (tertiary alicyclic amines) is 2. The van der Waals surface area contributed by atoms with Crippen LogP contribution in [-0.2, 0) is 9.53 Å². The number of benzene rings is 1. The zero-order chi connectivity index (χ0) is 22.5. The number of piperidine rings is 2. The number of nitrogens with zero attached hydrogens (tertiary/aromatic N) is 2. The van der Waals surface area contributed by atoms with Crippen LogP contribution in [0.5, 0.6) is 5.75 Å². The van der Waals surface area contributed by atoms with Crippen molar-refractivity contribution in [3.8, 4) is 5.75 Å². The molecule has 1 aromatic carbocycles. The minimum absolute atomic E-state index is 0.0487. The second-order valence-corrected chi connectivity index (χ2v) is 8.87. The fourth-order valence-corrected chi connectivity index (χ4v) is 4.35. The van der Waals surface area contributed by atoms with Crippen LogP contribution in [0.15, 0.2) is 24.3 Å². The van der Waals surface area contributed by atoms with E-state index in [1.54, 1.807) is 24.0 Å². The third kappa shape index (κ3) is 5.72. The number of nitrogens with one attached hydrogen (secondary N) is 1. The third-order valence-corrected chi connectivity index (χ3v) is 6.46. The molecule has 2 heterocycles. The van der Waals surface area contributed by atoms with Gasteiger partial charge in [-0.1, -0.05) is 0 Å². The highest BCUT2D eigenvalue weighted by atomic mass is 16.6. The number of amides is 3. The van der Waals surface area contributed by atoms with Crippen LogP contribution in [0.2, 0.25) is 0 Å². The average molecular weight is 444 g/mol. The monoisotopic (exact) mass is 443 g/mol. The van der Waals surface area contributed by atoms with Crippen molar-refractivity contribution < 1.29 is 23.9 Å². The van der Waals surface area contributed by atoms with Gasteiger partial charge >= 0.3 is 6.09 Å². The van der Waals surface area contributed by atoms with Crippen molar-refractivity contribution in [1.29, 1.82) is 0 Å². The van der Waals surface area contributed by atoms with Gasteiger partial charge in [0.2, 0.25) is 5.91 Å². The molecular weight excluding hydrogens is 410 g/mol. The van der Waals surface area contributed by atoms with Crippen LogP contribution in [0, 0.1) is 5.92 Å². The summed E-state index contributed by atoms with van der Waals surface area (Å²) in [6.45, 7) is 4.85. The maximum Gasteiger partial charge on any atom is 0.409 e. The van der Waals surface area contributed by atoms with Crippen molar-refractivity contribution in [1.82, 2.24) is 15.1 Å². The molecule has 1 aromatic rings. The van der Waals surface area contributed by atoms with Gasteiger partial charge in [-0.2, -0.15) is 0 Å². The molecule has 1 saturated carbocycles. The minimum Gasteiger partial charge on any atom is -0.490 e. The van der Waals surface area contributed by atoms with E-state index in [2.05, 4.69) is 5.32 Å². The summed E-state index contributed by atoms with van der Waals surface area (Å²) in [7, 11) is 0. The van der Waals surface area contributed by atoms with Gasteiger partial charge in [-0.15, -0.1) is 0 Å². The molecule has 32 heavy (non-hydrogen) atoms. The Morgan fingerprint density at radius 3 is 2.12 bits per heavy atom. The average Bonchev–Trinajstić information content (AvgIpc) is 3.66. The predicted molar refractivity (Wildman–Crippen MR) is 118 cm³/mol. The summed E-state index contributed by atoms with van der Waals surface area (Å²) in [5.41, 5.74) is 0.593. The zero-order valence-corrected chi connectivity index (χ0v) is 18.8. The van der Waals surface area contributed by atoms with Crippen LogP contribution in [0.3, 0.4) is 0 Å². The highest BCUT2D eigenvalue weighted by Gasteiger charge is 2.35. The normalized spacial score (nSPS) is 20.0. The van der Waals surface area contributed by atoms with E-state index in [0.717, 1.165) is 44.5 Å². The molecule has 0 spiro atoms. The lowest BCUT2D eigenvalue weighted by Gasteiger charge is -2.32. The van der Waals surface area contributed by atoms with Gasteiger partial charge in [0, 0.05) is 56.5 Å². The number of carbonyl (C=O) groups is 3. The molecule has 0 unspecified atom stereocenters. The Morgan fingerprint density at radius 2 is 1.53 bits per heavy atom. The number of hydrogen-bond acceptors (Lipinski definition) is 5. The molecule has 2 saturated heterocycles. The Labute approximate surface area is 189 Å². The summed E-state index contributed by atoms with van der Waals surface area (Å²) in [5, 5.41) is 3.06. The van der Waals surface area contributed by atoms with Crippen molar-refractivity contribution >= 4 is 17.9 Å². The molecule has 0 bridgehead atoms. The smallest absolute Gasteiger partial charge is 0.409 e. The lowest BCUT2D eigenvalue weighted by atomic mass is 10.0. The second-order valence-electron chi connectivity index (χ2n) is 8.87. The van der Waals surface area contributed by atoms with Gasteiger partial charge in [-0.05, 0) is 56.9 Å². The summed E-state index contributed by atoms with van der Waals surface area (Å²) < 4.78 is 11.1. The predicted octanol–water partition coefficient (Wildman–Crippen LogP) is 2.82. The van der Waals surface area contributed by atoms with Crippen molar-refractivity contribution in [2.24, 2.45) is 5.92 Å². The molecule has 174 valence electrons. The Bertz CT molecular complexity index is 807. The van der Waals surface area contributed by atoms with Crippen LogP contribution in [0.4, 0.5) is 4.79 Å². The van der Waals surface area contributed by atoms with Gasteiger partial charge in [0.1, 0.15) is 11.9 Å². The molecule has 0 radical (unpaired) electrons. The van der Waals surface area contributed by atoms with Crippen LogP contribution in [0.1, 0.15) is 55.8 Å². The van der Waals surface area contributed by atoms with E-state index < -0.39 is 0 Å². The Balaban J connectivity index is 1.19. The number of ether oxygens (including phenoxy) is 2. The topological polar surface area (TPSA) is 88.2 Å². The number of hydrogen-bond donors (Lipinski definition) is 1. The van der Waals surface area contributed by atoms with E-state index in [0.29, 0.717) is 44.0 Å². The Kier molecular flexibility index (Phi) is 7.17. The molecule has 8 heteroatoms. The molecule has 1 aliphatic carbocycles. The Hall–Kier alpha value is -2.77. The molecule has 1 N–H and O–H groups in total. The zero-order valence-electron chi connectivity index (χ0n) is 18.8.